The van der Waals surface area contributed by atoms with Gasteiger partial charge in [-0.25, -0.2) is 0 Å². The number of primary amides is 1. The molecule has 6 heteroatoms. The lowest BCUT2D eigenvalue weighted by molar-refractivity contribution is -0.120. The second-order valence-corrected chi connectivity index (χ2v) is 7.06. The van der Waals surface area contributed by atoms with E-state index in [1.165, 1.54) is 0 Å². The third-order valence-corrected chi connectivity index (χ3v) is 5.24. The fourth-order valence-electron chi connectivity index (χ4n) is 4.13. The van der Waals surface area contributed by atoms with Gasteiger partial charge in [-0.15, -0.1) is 0 Å². The van der Waals surface area contributed by atoms with Crippen molar-refractivity contribution in [3.8, 4) is 5.75 Å². The Labute approximate surface area is 157 Å². The van der Waals surface area contributed by atoms with Gasteiger partial charge in [-0.3, -0.25) is 14.4 Å². The fourth-order valence-corrected chi connectivity index (χ4v) is 4.13. The average Bonchev–Trinajstić information content (AvgIpc) is 2.65. The molecule has 0 fully saturated rings. The fraction of sp³-hybridized carbons (Fsp3) is 0.381. The maximum Gasteiger partial charge on any atom is 0.255 e. The lowest BCUT2D eigenvalue weighted by Gasteiger charge is -2.36. The minimum atomic E-state index is -0.584. The Morgan fingerprint density at radius 1 is 1.00 bits per heavy atom. The van der Waals surface area contributed by atoms with Crippen LogP contribution in [0.15, 0.2) is 46.9 Å². The summed E-state index contributed by atoms with van der Waals surface area (Å²) in [6, 6.07) is 7.19. The predicted octanol–water partition coefficient (Wildman–Crippen LogP) is 2.68. The second-order valence-electron chi connectivity index (χ2n) is 7.06. The minimum Gasteiger partial charge on any atom is -0.483 e. The molecule has 140 valence electrons. The number of para-hydroxylation sites is 1. The van der Waals surface area contributed by atoms with E-state index in [-0.39, 0.29) is 18.2 Å². The molecule has 1 aromatic rings. The van der Waals surface area contributed by atoms with Gasteiger partial charge >= 0.3 is 0 Å². The molecule has 6 nitrogen and oxygen atoms in total. The van der Waals surface area contributed by atoms with Gasteiger partial charge in [-0.2, -0.15) is 0 Å². The number of ether oxygens (including phenoxy) is 2. The summed E-state index contributed by atoms with van der Waals surface area (Å²) in [7, 11) is 0. The number of Topliss-reactive ketones (excluding diaryl/α,β-unsaturated/α-hetero) is 2. The lowest BCUT2D eigenvalue weighted by atomic mass is 9.73. The zero-order chi connectivity index (χ0) is 19.0. The molecule has 3 aliphatic rings. The van der Waals surface area contributed by atoms with Crippen LogP contribution in [0.1, 0.15) is 50.0 Å². The number of hydrogen-bond donors (Lipinski definition) is 1. The molecular formula is C21H21NO5. The van der Waals surface area contributed by atoms with E-state index >= 15 is 0 Å². The Kier molecular flexibility index (Phi) is 4.56. The van der Waals surface area contributed by atoms with Crippen molar-refractivity contribution in [1.29, 1.82) is 0 Å². The van der Waals surface area contributed by atoms with Gasteiger partial charge in [-0.05, 0) is 18.9 Å². The highest BCUT2D eigenvalue weighted by Gasteiger charge is 2.42. The highest BCUT2D eigenvalue weighted by atomic mass is 16.5. The highest BCUT2D eigenvalue weighted by molar-refractivity contribution is 6.06. The highest BCUT2D eigenvalue weighted by Crippen LogP contribution is 2.49. The Balaban J connectivity index is 1.86. The average molecular weight is 367 g/mol. The molecule has 2 aliphatic carbocycles. The second kappa shape index (κ2) is 7.02. The molecule has 0 spiro atoms. The van der Waals surface area contributed by atoms with E-state index in [4.69, 9.17) is 15.2 Å². The molecule has 1 amide bonds. The summed E-state index contributed by atoms with van der Waals surface area (Å²) in [5, 5.41) is 0. The maximum atomic E-state index is 12.8. The van der Waals surface area contributed by atoms with Crippen molar-refractivity contribution in [1.82, 2.24) is 0 Å². The van der Waals surface area contributed by atoms with Crippen LogP contribution in [0.3, 0.4) is 0 Å². The first kappa shape index (κ1) is 17.5. The molecular weight excluding hydrogens is 346 g/mol. The molecule has 1 aromatic carbocycles. The van der Waals surface area contributed by atoms with Crippen LogP contribution in [-0.4, -0.2) is 24.1 Å². The van der Waals surface area contributed by atoms with Crippen molar-refractivity contribution < 1.29 is 23.9 Å². The normalized spacial score (nSPS) is 20.1. The number of amides is 1. The molecule has 0 aromatic heterocycles. The van der Waals surface area contributed by atoms with Crippen LogP contribution in [0, 0.1) is 0 Å². The van der Waals surface area contributed by atoms with Crippen LogP contribution in [0.25, 0.3) is 0 Å². The molecule has 0 bridgehead atoms. The van der Waals surface area contributed by atoms with Crippen LogP contribution in [0.2, 0.25) is 0 Å². The summed E-state index contributed by atoms with van der Waals surface area (Å²) >= 11 is 0. The van der Waals surface area contributed by atoms with Gasteiger partial charge in [0.15, 0.2) is 18.2 Å². The summed E-state index contributed by atoms with van der Waals surface area (Å²) in [5.41, 5.74) is 7.04. The molecule has 0 radical (unpaired) electrons. The largest absolute Gasteiger partial charge is 0.483 e. The minimum absolute atomic E-state index is 0.0101. The van der Waals surface area contributed by atoms with Crippen molar-refractivity contribution in [3.05, 3.63) is 52.5 Å². The van der Waals surface area contributed by atoms with Crippen molar-refractivity contribution in [2.45, 2.75) is 44.4 Å². The molecule has 1 heterocycles. The quantitative estimate of drug-likeness (QED) is 0.883. The Morgan fingerprint density at radius 2 is 1.59 bits per heavy atom. The third kappa shape index (κ3) is 3.16. The van der Waals surface area contributed by atoms with Gasteiger partial charge in [0.2, 0.25) is 0 Å². The molecule has 0 atom stereocenters. The van der Waals surface area contributed by atoms with Crippen LogP contribution in [-0.2, 0) is 19.1 Å². The van der Waals surface area contributed by atoms with E-state index in [0.29, 0.717) is 59.7 Å². The third-order valence-electron chi connectivity index (χ3n) is 5.24. The maximum absolute atomic E-state index is 12.8. The van der Waals surface area contributed by atoms with Crippen molar-refractivity contribution in [2.24, 2.45) is 5.73 Å². The Bertz CT molecular complexity index is 854. The van der Waals surface area contributed by atoms with Crippen LogP contribution in [0.4, 0.5) is 0 Å². The smallest absolute Gasteiger partial charge is 0.255 e. The topological polar surface area (TPSA) is 95.7 Å². The number of carbonyl (C=O) groups is 3. The first-order valence-corrected chi connectivity index (χ1v) is 9.26. The zero-order valence-corrected chi connectivity index (χ0v) is 15.0. The first-order chi connectivity index (χ1) is 13.1. The van der Waals surface area contributed by atoms with E-state index in [2.05, 4.69) is 0 Å². The number of benzene rings is 1. The predicted molar refractivity (Wildman–Crippen MR) is 96.7 cm³/mol. The number of ketones is 2. The number of hydrogen-bond acceptors (Lipinski definition) is 5. The molecule has 0 saturated heterocycles. The van der Waals surface area contributed by atoms with E-state index in [0.717, 1.165) is 12.8 Å². The lowest BCUT2D eigenvalue weighted by Crippen LogP contribution is -2.30. The number of rotatable bonds is 4. The van der Waals surface area contributed by atoms with Gasteiger partial charge < -0.3 is 15.2 Å². The van der Waals surface area contributed by atoms with Crippen LogP contribution < -0.4 is 10.5 Å². The van der Waals surface area contributed by atoms with E-state index in [9.17, 15) is 14.4 Å². The number of nitrogens with two attached hydrogens (primary N) is 1. The van der Waals surface area contributed by atoms with Crippen molar-refractivity contribution >= 4 is 17.5 Å². The summed E-state index contributed by atoms with van der Waals surface area (Å²) in [6.07, 6.45) is 3.76. The Hall–Kier alpha value is -2.89. The Morgan fingerprint density at radius 3 is 2.19 bits per heavy atom. The number of allylic oxidation sites excluding steroid dienone is 4. The number of carbonyl (C=O) groups excluding carboxylic acids is 3. The van der Waals surface area contributed by atoms with Gasteiger partial charge in [0, 0.05) is 42.4 Å². The van der Waals surface area contributed by atoms with E-state index < -0.39 is 11.8 Å². The van der Waals surface area contributed by atoms with Crippen LogP contribution >= 0.6 is 0 Å². The summed E-state index contributed by atoms with van der Waals surface area (Å²) in [5.74, 6) is 0.738. The first-order valence-electron chi connectivity index (χ1n) is 9.26. The molecule has 4 rings (SSSR count). The molecule has 27 heavy (non-hydrogen) atoms. The summed E-state index contributed by atoms with van der Waals surface area (Å²) < 4.78 is 11.6. The SMILES string of the molecule is NC(=O)COc1ccccc1C1C2=C(CCCC2=O)OC2=C1C(=O)CCC2. The van der Waals surface area contributed by atoms with Gasteiger partial charge in [0.1, 0.15) is 17.3 Å². The van der Waals surface area contributed by atoms with Gasteiger partial charge in [-0.1, -0.05) is 18.2 Å². The standard InChI is InChI=1S/C21H21NO5/c22-18(25)11-26-15-8-2-1-5-12(15)19-20-13(23)6-3-9-16(20)27-17-10-4-7-14(24)21(17)19/h1-2,5,8,19H,3-4,6-7,9-11H2,(H2,22,25). The van der Waals surface area contributed by atoms with Crippen molar-refractivity contribution in [3.63, 3.8) is 0 Å². The molecule has 0 unspecified atom stereocenters. The van der Waals surface area contributed by atoms with E-state index in [1.54, 1.807) is 12.1 Å². The van der Waals surface area contributed by atoms with Gasteiger partial charge in [0.25, 0.3) is 5.91 Å². The molecule has 1 aliphatic heterocycles. The van der Waals surface area contributed by atoms with Crippen molar-refractivity contribution in [2.75, 3.05) is 6.61 Å². The summed E-state index contributed by atoms with van der Waals surface area (Å²) in [4.78, 5) is 36.7. The molecule has 0 saturated carbocycles. The van der Waals surface area contributed by atoms with E-state index in [1.807, 2.05) is 12.1 Å². The summed E-state index contributed by atoms with van der Waals surface area (Å²) in [6.45, 7) is -0.264. The molecule has 2 N–H and O–H groups in total. The van der Waals surface area contributed by atoms with Gasteiger partial charge in [0.05, 0.1) is 5.92 Å². The zero-order valence-electron chi connectivity index (χ0n) is 15.0. The van der Waals surface area contributed by atoms with Crippen LogP contribution in [0.5, 0.6) is 5.75 Å². The monoisotopic (exact) mass is 367 g/mol.